The number of aromatic nitrogens is 2. The van der Waals surface area contributed by atoms with Crippen molar-refractivity contribution >= 4 is 35.0 Å². The van der Waals surface area contributed by atoms with E-state index in [9.17, 15) is 4.79 Å². The number of hydrogen-bond acceptors (Lipinski definition) is 4. The number of aromatic amines is 1. The number of aryl methyl sites for hydroxylation is 1. The summed E-state index contributed by atoms with van der Waals surface area (Å²) >= 11 is 1.31. The highest BCUT2D eigenvalue weighted by atomic mass is 32.1. The zero-order valence-corrected chi connectivity index (χ0v) is 10.5. The molecule has 0 saturated carbocycles. The molecule has 0 aliphatic heterocycles. The SMILES string of the molecule is C=c1[nH]c(=O)/c(=C/c2cc3cncc(C)c3o2)s1. The molecule has 1 N–H and O–H groups in total. The number of nitrogens with one attached hydrogen (secondary N) is 1. The molecule has 3 rings (SSSR count). The molecule has 3 aromatic rings. The zero-order valence-electron chi connectivity index (χ0n) is 9.69. The number of H-pyrrole nitrogens is 1. The molecular formula is C13H10N2O2S. The van der Waals surface area contributed by atoms with Gasteiger partial charge in [0.1, 0.15) is 11.3 Å². The number of fused-ring (bicyclic) bond motifs is 1. The second-order valence-electron chi connectivity index (χ2n) is 4.01. The van der Waals surface area contributed by atoms with E-state index in [4.69, 9.17) is 4.42 Å². The second kappa shape index (κ2) is 3.96. The molecule has 0 aromatic carbocycles. The van der Waals surface area contributed by atoms with E-state index in [-0.39, 0.29) is 5.56 Å². The van der Waals surface area contributed by atoms with Crippen LogP contribution >= 0.6 is 11.3 Å². The molecule has 3 heterocycles. The summed E-state index contributed by atoms with van der Waals surface area (Å²) in [5.41, 5.74) is 1.64. The fourth-order valence-electron chi connectivity index (χ4n) is 1.81. The van der Waals surface area contributed by atoms with Crippen LogP contribution in [0, 0.1) is 6.92 Å². The molecule has 0 bridgehead atoms. The molecule has 0 amide bonds. The molecule has 0 aliphatic carbocycles. The van der Waals surface area contributed by atoms with Gasteiger partial charge in [-0.1, -0.05) is 6.58 Å². The minimum absolute atomic E-state index is 0.139. The fraction of sp³-hybridized carbons (Fsp3) is 0.0769. The summed E-state index contributed by atoms with van der Waals surface area (Å²) in [6.07, 6.45) is 5.22. The highest BCUT2D eigenvalue weighted by Crippen LogP contribution is 2.21. The van der Waals surface area contributed by atoms with E-state index in [0.29, 0.717) is 15.0 Å². The summed E-state index contributed by atoms with van der Waals surface area (Å²) < 4.78 is 6.93. The van der Waals surface area contributed by atoms with E-state index < -0.39 is 0 Å². The molecule has 0 aliphatic rings. The predicted molar refractivity (Wildman–Crippen MR) is 72.0 cm³/mol. The lowest BCUT2D eigenvalue weighted by atomic mass is 10.2. The Kier molecular flexibility index (Phi) is 2.41. The second-order valence-corrected chi connectivity index (χ2v) is 5.15. The fourth-order valence-corrected chi connectivity index (χ4v) is 2.53. The number of rotatable bonds is 1. The van der Waals surface area contributed by atoms with Crippen LogP contribution in [0.3, 0.4) is 0 Å². The maximum absolute atomic E-state index is 11.6. The maximum atomic E-state index is 11.6. The Morgan fingerprint density at radius 1 is 1.50 bits per heavy atom. The molecule has 18 heavy (non-hydrogen) atoms. The van der Waals surface area contributed by atoms with Gasteiger partial charge in [0.15, 0.2) is 0 Å². The quantitative estimate of drug-likeness (QED) is 0.711. The van der Waals surface area contributed by atoms with Crippen molar-refractivity contribution in [3.8, 4) is 0 Å². The number of nitrogens with zero attached hydrogens (tertiary/aromatic N) is 1. The lowest BCUT2D eigenvalue weighted by Gasteiger charge is -1.90. The number of pyridine rings is 1. The van der Waals surface area contributed by atoms with Crippen molar-refractivity contribution in [2.75, 3.05) is 0 Å². The largest absolute Gasteiger partial charge is 0.456 e. The van der Waals surface area contributed by atoms with Crippen molar-refractivity contribution in [2.24, 2.45) is 0 Å². The number of hydrogen-bond donors (Lipinski definition) is 1. The van der Waals surface area contributed by atoms with Crippen LogP contribution in [0.2, 0.25) is 0 Å². The van der Waals surface area contributed by atoms with Gasteiger partial charge in [-0.25, -0.2) is 0 Å². The molecule has 90 valence electrons. The minimum Gasteiger partial charge on any atom is -0.456 e. The third-order valence-electron chi connectivity index (χ3n) is 2.60. The summed E-state index contributed by atoms with van der Waals surface area (Å²) in [6.45, 7) is 5.64. The highest BCUT2D eigenvalue weighted by molar-refractivity contribution is 7.07. The van der Waals surface area contributed by atoms with Crippen LogP contribution in [-0.2, 0) is 0 Å². The Morgan fingerprint density at radius 2 is 2.33 bits per heavy atom. The van der Waals surface area contributed by atoms with Crippen LogP contribution in [0.25, 0.3) is 23.6 Å². The van der Waals surface area contributed by atoms with Gasteiger partial charge in [0.25, 0.3) is 5.56 Å². The third-order valence-corrected chi connectivity index (χ3v) is 3.47. The molecule has 0 radical (unpaired) electrons. The van der Waals surface area contributed by atoms with Crippen LogP contribution < -0.4 is 14.8 Å². The Labute approximate surface area is 106 Å². The van der Waals surface area contributed by atoms with Crippen molar-refractivity contribution in [3.05, 3.63) is 49.3 Å². The monoisotopic (exact) mass is 258 g/mol. The first kappa shape index (κ1) is 11.0. The standard InChI is InChI=1S/C13H10N2O2S/c1-7-5-14-6-9-3-10(17-12(7)9)4-11-13(16)15-8(2)18-11/h3-6H,2H2,1H3,(H,15,16)/b11-4-. The zero-order chi connectivity index (χ0) is 12.7. The molecule has 0 atom stereocenters. The lowest BCUT2D eigenvalue weighted by Crippen LogP contribution is -2.19. The first-order valence-electron chi connectivity index (χ1n) is 5.37. The normalized spacial score (nSPS) is 12.4. The van der Waals surface area contributed by atoms with Crippen molar-refractivity contribution in [1.29, 1.82) is 0 Å². The third kappa shape index (κ3) is 1.78. The molecule has 0 unspecified atom stereocenters. The highest BCUT2D eigenvalue weighted by Gasteiger charge is 2.05. The van der Waals surface area contributed by atoms with E-state index >= 15 is 0 Å². The summed E-state index contributed by atoms with van der Waals surface area (Å²) in [4.78, 5) is 18.3. The van der Waals surface area contributed by atoms with Gasteiger partial charge in [0, 0.05) is 29.4 Å². The topological polar surface area (TPSA) is 58.9 Å². The van der Waals surface area contributed by atoms with Gasteiger partial charge < -0.3 is 9.40 Å². The summed E-state index contributed by atoms with van der Waals surface area (Å²) in [7, 11) is 0. The molecule has 4 nitrogen and oxygen atoms in total. The van der Waals surface area contributed by atoms with E-state index in [0.717, 1.165) is 16.5 Å². The average Bonchev–Trinajstić information content (AvgIpc) is 2.84. The molecule has 3 aromatic heterocycles. The minimum atomic E-state index is -0.139. The van der Waals surface area contributed by atoms with Gasteiger partial charge in [-0.15, -0.1) is 11.3 Å². The number of furan rings is 1. The maximum Gasteiger partial charge on any atom is 0.266 e. The molecule has 0 fully saturated rings. The van der Waals surface area contributed by atoms with Crippen LogP contribution in [0.4, 0.5) is 0 Å². The van der Waals surface area contributed by atoms with Crippen molar-refractivity contribution in [1.82, 2.24) is 9.97 Å². The van der Waals surface area contributed by atoms with Gasteiger partial charge >= 0.3 is 0 Å². The van der Waals surface area contributed by atoms with Gasteiger partial charge in [-0.2, -0.15) is 0 Å². The van der Waals surface area contributed by atoms with Crippen molar-refractivity contribution in [2.45, 2.75) is 6.92 Å². The Hall–Kier alpha value is -2.14. The first-order chi connectivity index (χ1) is 8.63. The summed E-state index contributed by atoms with van der Waals surface area (Å²) in [5, 5.41) is 0.934. The first-order valence-corrected chi connectivity index (χ1v) is 6.19. The van der Waals surface area contributed by atoms with E-state index in [1.807, 2.05) is 13.0 Å². The molecule has 0 saturated heterocycles. The van der Waals surface area contributed by atoms with Crippen LogP contribution in [0.5, 0.6) is 0 Å². The molecule has 5 heteroatoms. The summed E-state index contributed by atoms with van der Waals surface area (Å²) in [6, 6.07) is 1.87. The Balaban J connectivity index is 2.25. The van der Waals surface area contributed by atoms with E-state index in [2.05, 4.69) is 16.5 Å². The van der Waals surface area contributed by atoms with Gasteiger partial charge in [-0.05, 0) is 13.0 Å². The van der Waals surface area contributed by atoms with E-state index in [1.54, 1.807) is 18.5 Å². The van der Waals surface area contributed by atoms with Gasteiger partial charge in [0.2, 0.25) is 0 Å². The van der Waals surface area contributed by atoms with Crippen LogP contribution in [0.1, 0.15) is 11.3 Å². The smallest absolute Gasteiger partial charge is 0.266 e. The summed E-state index contributed by atoms with van der Waals surface area (Å²) in [5.74, 6) is 0.647. The van der Waals surface area contributed by atoms with Crippen LogP contribution in [0.15, 0.2) is 27.7 Å². The Morgan fingerprint density at radius 3 is 3.00 bits per heavy atom. The van der Waals surface area contributed by atoms with Gasteiger partial charge in [0.05, 0.1) is 9.20 Å². The van der Waals surface area contributed by atoms with Crippen LogP contribution in [-0.4, -0.2) is 9.97 Å². The number of thiazole rings is 1. The predicted octanol–water partition coefficient (Wildman–Crippen LogP) is 1.13. The Bertz CT molecular complexity index is 886. The van der Waals surface area contributed by atoms with Crippen molar-refractivity contribution < 1.29 is 4.42 Å². The molecular weight excluding hydrogens is 248 g/mol. The van der Waals surface area contributed by atoms with Crippen molar-refractivity contribution in [3.63, 3.8) is 0 Å². The lowest BCUT2D eigenvalue weighted by molar-refractivity contribution is 0.601. The molecule has 0 spiro atoms. The average molecular weight is 258 g/mol. The van der Waals surface area contributed by atoms with Gasteiger partial charge in [-0.3, -0.25) is 9.78 Å². The van der Waals surface area contributed by atoms with E-state index in [1.165, 1.54) is 11.3 Å².